The van der Waals surface area contributed by atoms with Gasteiger partial charge in [0.05, 0.1) is 6.54 Å². The maximum Gasteiger partial charge on any atom is 0.244 e. The number of carbonyl (C=O) groups is 1. The van der Waals surface area contributed by atoms with Crippen molar-refractivity contribution in [3.63, 3.8) is 0 Å². The van der Waals surface area contributed by atoms with Crippen LogP contribution in [0.5, 0.6) is 0 Å². The van der Waals surface area contributed by atoms with Crippen LogP contribution in [-0.4, -0.2) is 27.2 Å². The van der Waals surface area contributed by atoms with Crippen LogP contribution in [-0.2, 0) is 17.8 Å². The topological polar surface area (TPSA) is 59.8 Å². The molecule has 2 heterocycles. The van der Waals surface area contributed by atoms with Crippen LogP contribution in [0, 0.1) is 5.82 Å². The summed E-state index contributed by atoms with van der Waals surface area (Å²) in [6, 6.07) is 20.4. The summed E-state index contributed by atoms with van der Waals surface area (Å²) in [5, 5.41) is 7.52. The SMILES string of the molecule is O=C(/C=C/c1cn(Cc2ccccc2)nc1-c1cccnc1)NCCc1ccccc1F. The van der Waals surface area contributed by atoms with Gasteiger partial charge in [-0.1, -0.05) is 48.5 Å². The fourth-order valence-corrected chi connectivity index (χ4v) is 3.38. The van der Waals surface area contributed by atoms with E-state index in [1.54, 1.807) is 36.7 Å². The van der Waals surface area contributed by atoms with Crippen LogP contribution in [0.3, 0.4) is 0 Å². The molecule has 0 saturated carbocycles. The van der Waals surface area contributed by atoms with Crippen LogP contribution in [0.2, 0.25) is 0 Å². The summed E-state index contributed by atoms with van der Waals surface area (Å²) in [7, 11) is 0. The molecule has 32 heavy (non-hydrogen) atoms. The van der Waals surface area contributed by atoms with Crippen LogP contribution >= 0.6 is 0 Å². The monoisotopic (exact) mass is 426 g/mol. The second-order valence-corrected chi connectivity index (χ2v) is 7.32. The molecule has 160 valence electrons. The third kappa shape index (κ3) is 5.55. The minimum Gasteiger partial charge on any atom is -0.352 e. The van der Waals surface area contributed by atoms with E-state index in [-0.39, 0.29) is 11.7 Å². The van der Waals surface area contributed by atoms with E-state index in [1.807, 2.05) is 53.3 Å². The van der Waals surface area contributed by atoms with Gasteiger partial charge in [-0.05, 0) is 41.8 Å². The first-order chi connectivity index (χ1) is 15.7. The average molecular weight is 426 g/mol. The van der Waals surface area contributed by atoms with Crippen molar-refractivity contribution >= 4 is 12.0 Å². The number of hydrogen-bond donors (Lipinski definition) is 1. The molecule has 5 nitrogen and oxygen atoms in total. The number of amides is 1. The number of pyridine rings is 1. The van der Waals surface area contributed by atoms with Gasteiger partial charge in [0.15, 0.2) is 0 Å². The van der Waals surface area contributed by atoms with Gasteiger partial charge in [-0.2, -0.15) is 5.10 Å². The van der Waals surface area contributed by atoms with Crippen molar-refractivity contribution in [2.75, 3.05) is 6.54 Å². The number of hydrogen-bond acceptors (Lipinski definition) is 3. The minimum absolute atomic E-state index is 0.241. The number of carbonyl (C=O) groups excluding carboxylic acids is 1. The van der Waals surface area contributed by atoms with Crippen molar-refractivity contribution in [2.24, 2.45) is 0 Å². The molecule has 0 aliphatic heterocycles. The van der Waals surface area contributed by atoms with E-state index in [4.69, 9.17) is 5.10 Å². The molecule has 0 radical (unpaired) electrons. The molecule has 2 aromatic carbocycles. The lowest BCUT2D eigenvalue weighted by atomic mass is 10.1. The molecule has 0 fully saturated rings. The Morgan fingerprint density at radius 2 is 1.84 bits per heavy atom. The van der Waals surface area contributed by atoms with E-state index in [9.17, 15) is 9.18 Å². The zero-order valence-electron chi connectivity index (χ0n) is 17.5. The molecule has 4 aromatic rings. The van der Waals surface area contributed by atoms with Crippen LogP contribution in [0.4, 0.5) is 4.39 Å². The van der Waals surface area contributed by atoms with E-state index in [0.717, 1.165) is 22.4 Å². The van der Waals surface area contributed by atoms with Gasteiger partial charge >= 0.3 is 0 Å². The zero-order chi connectivity index (χ0) is 22.2. The Labute approximate surface area is 186 Å². The first-order valence-corrected chi connectivity index (χ1v) is 10.4. The summed E-state index contributed by atoms with van der Waals surface area (Å²) in [6.07, 6.45) is 9.03. The average Bonchev–Trinajstić information content (AvgIpc) is 3.23. The highest BCUT2D eigenvalue weighted by Crippen LogP contribution is 2.23. The van der Waals surface area contributed by atoms with Crippen molar-refractivity contribution in [3.8, 4) is 11.3 Å². The molecule has 0 aliphatic rings. The summed E-state index contributed by atoms with van der Waals surface area (Å²) in [5.41, 5.74) is 4.16. The third-order valence-electron chi connectivity index (χ3n) is 4.98. The highest BCUT2D eigenvalue weighted by atomic mass is 19.1. The van der Waals surface area contributed by atoms with Crippen molar-refractivity contribution in [3.05, 3.63) is 114 Å². The Morgan fingerprint density at radius 3 is 2.62 bits per heavy atom. The van der Waals surface area contributed by atoms with Crippen molar-refractivity contribution in [1.82, 2.24) is 20.1 Å². The predicted molar refractivity (Wildman–Crippen MR) is 123 cm³/mol. The molecule has 6 heteroatoms. The fourth-order valence-electron chi connectivity index (χ4n) is 3.38. The summed E-state index contributed by atoms with van der Waals surface area (Å²) in [6.45, 7) is 0.976. The number of nitrogens with one attached hydrogen (secondary N) is 1. The molecule has 0 aliphatic carbocycles. The zero-order valence-corrected chi connectivity index (χ0v) is 17.5. The second-order valence-electron chi connectivity index (χ2n) is 7.32. The third-order valence-corrected chi connectivity index (χ3v) is 4.98. The minimum atomic E-state index is -0.260. The Morgan fingerprint density at radius 1 is 1.03 bits per heavy atom. The van der Waals surface area contributed by atoms with E-state index < -0.39 is 0 Å². The van der Waals surface area contributed by atoms with Gasteiger partial charge in [0.25, 0.3) is 0 Å². The number of benzene rings is 2. The lowest BCUT2D eigenvalue weighted by molar-refractivity contribution is -0.116. The predicted octanol–water partition coefficient (Wildman–Crippen LogP) is 4.50. The highest BCUT2D eigenvalue weighted by Gasteiger charge is 2.10. The largest absolute Gasteiger partial charge is 0.352 e. The number of aromatic nitrogens is 3. The molecule has 2 aromatic heterocycles. The van der Waals surface area contributed by atoms with Crippen molar-refractivity contribution < 1.29 is 9.18 Å². The van der Waals surface area contributed by atoms with Crippen molar-refractivity contribution in [2.45, 2.75) is 13.0 Å². The molecule has 0 spiro atoms. The lowest BCUT2D eigenvalue weighted by Crippen LogP contribution is -2.23. The maximum atomic E-state index is 13.7. The van der Waals surface area contributed by atoms with Crippen molar-refractivity contribution in [1.29, 1.82) is 0 Å². The Balaban J connectivity index is 1.46. The molecular weight excluding hydrogens is 403 g/mol. The van der Waals surface area contributed by atoms with Gasteiger partial charge in [0.2, 0.25) is 5.91 Å². The summed E-state index contributed by atoms with van der Waals surface area (Å²) in [4.78, 5) is 16.5. The molecule has 0 bridgehead atoms. The van der Waals surface area contributed by atoms with Crippen LogP contribution in [0.25, 0.3) is 17.3 Å². The summed E-state index contributed by atoms with van der Waals surface area (Å²) in [5.74, 6) is -0.501. The summed E-state index contributed by atoms with van der Waals surface area (Å²) >= 11 is 0. The second kappa shape index (κ2) is 10.3. The smallest absolute Gasteiger partial charge is 0.244 e. The molecular formula is C26H23FN4O. The summed E-state index contributed by atoms with van der Waals surface area (Å²) < 4.78 is 15.6. The van der Waals surface area contributed by atoms with Gasteiger partial charge < -0.3 is 5.32 Å². The van der Waals surface area contributed by atoms with Crippen LogP contribution in [0.15, 0.2) is 91.4 Å². The number of nitrogens with zero attached hydrogens (tertiary/aromatic N) is 3. The van der Waals surface area contributed by atoms with Gasteiger partial charge in [0, 0.05) is 42.3 Å². The Hall–Kier alpha value is -4.06. The standard InChI is InChI=1S/C26H23FN4O/c27-24-11-5-4-9-21(24)14-16-29-25(32)13-12-23-19-31(18-20-7-2-1-3-8-20)30-26(23)22-10-6-15-28-17-22/h1-13,15,17,19H,14,16,18H2,(H,29,32)/b13-12+. The Kier molecular flexibility index (Phi) is 6.82. The van der Waals surface area contributed by atoms with Gasteiger partial charge in [-0.15, -0.1) is 0 Å². The molecule has 0 atom stereocenters. The first kappa shape index (κ1) is 21.2. The van der Waals surface area contributed by atoms with Gasteiger partial charge in [-0.3, -0.25) is 14.5 Å². The molecule has 1 N–H and O–H groups in total. The fraction of sp³-hybridized carbons (Fsp3) is 0.115. The quantitative estimate of drug-likeness (QED) is 0.422. The highest BCUT2D eigenvalue weighted by molar-refractivity contribution is 5.92. The van der Waals surface area contributed by atoms with Gasteiger partial charge in [0.1, 0.15) is 11.5 Å². The lowest BCUT2D eigenvalue weighted by Gasteiger charge is -2.03. The van der Waals surface area contributed by atoms with Crippen LogP contribution in [0.1, 0.15) is 16.7 Å². The van der Waals surface area contributed by atoms with E-state index in [0.29, 0.717) is 25.1 Å². The molecule has 1 amide bonds. The molecule has 0 unspecified atom stereocenters. The molecule has 0 saturated heterocycles. The Bertz CT molecular complexity index is 1200. The van der Waals surface area contributed by atoms with E-state index in [2.05, 4.69) is 10.3 Å². The van der Waals surface area contributed by atoms with E-state index >= 15 is 0 Å². The normalized spacial score (nSPS) is 11.0. The van der Waals surface area contributed by atoms with E-state index in [1.165, 1.54) is 12.1 Å². The van der Waals surface area contributed by atoms with Crippen LogP contribution < -0.4 is 5.32 Å². The number of rotatable bonds is 8. The number of halogens is 1. The maximum absolute atomic E-state index is 13.7. The molecule has 4 rings (SSSR count). The van der Waals surface area contributed by atoms with Gasteiger partial charge in [-0.25, -0.2) is 4.39 Å². The first-order valence-electron chi connectivity index (χ1n) is 10.4.